The smallest absolute Gasteiger partial charge is 0.305 e. The van der Waals surface area contributed by atoms with Crippen LogP contribution in [0.3, 0.4) is 0 Å². The molecule has 1 aliphatic rings. The maximum Gasteiger partial charge on any atom is 0.316 e. The fourth-order valence-corrected chi connectivity index (χ4v) is 4.34. The molecule has 0 N–H and O–H groups in total. The van der Waals surface area contributed by atoms with Crippen LogP contribution in [0.1, 0.15) is 0 Å². The Bertz CT molecular complexity index is 1010. The van der Waals surface area contributed by atoms with E-state index in [9.17, 15) is 18.0 Å². The van der Waals surface area contributed by atoms with E-state index in [0.29, 0.717) is 37.2 Å². The number of hydrogen-bond donors (Lipinski definition) is 0. The number of nitrogens with zero attached hydrogens (tertiary/aromatic N) is 4. The highest BCUT2D eigenvalue weighted by atomic mass is 32.2. The van der Waals surface area contributed by atoms with E-state index in [1.54, 1.807) is 6.07 Å². The molecule has 0 spiro atoms. The van der Waals surface area contributed by atoms with E-state index in [-0.39, 0.29) is 4.90 Å². The average molecular weight is 352 g/mol. The lowest BCUT2D eigenvalue weighted by atomic mass is 10.3. The lowest BCUT2D eigenvalue weighted by Crippen LogP contribution is -2.47. The first kappa shape index (κ1) is 16.9. The first-order chi connectivity index (χ1) is 11.2. The Morgan fingerprint density at radius 1 is 0.833 bits per heavy atom. The molecule has 1 saturated heterocycles. The van der Waals surface area contributed by atoms with Crippen molar-refractivity contribution in [3.8, 4) is 0 Å². The van der Waals surface area contributed by atoms with Gasteiger partial charge in [0, 0.05) is 40.3 Å². The molecule has 1 aromatic heterocycles. The molecule has 2 heterocycles. The third-order valence-electron chi connectivity index (χ3n) is 4.56. The van der Waals surface area contributed by atoms with Gasteiger partial charge in [0.25, 0.3) is 0 Å². The Morgan fingerprint density at radius 3 is 1.96 bits per heavy atom. The van der Waals surface area contributed by atoms with Crippen LogP contribution in [0.5, 0.6) is 0 Å². The molecule has 0 saturated carbocycles. The quantitative estimate of drug-likeness (QED) is 0.659. The normalized spacial score (nSPS) is 17.5. The van der Waals surface area contributed by atoms with Gasteiger partial charge in [-0.2, -0.15) is 4.31 Å². The number of aryl methyl sites for hydroxylation is 2. The zero-order valence-electron chi connectivity index (χ0n) is 13.9. The number of likely N-dealkylation sites (N-methyl/N-ethyl adjacent to an activating group) is 1. The molecule has 0 bridgehead atoms. The maximum atomic E-state index is 12.8. The first-order valence-corrected chi connectivity index (χ1v) is 9.06. The minimum Gasteiger partial charge on any atom is -0.305 e. The summed E-state index contributed by atoms with van der Waals surface area (Å²) in [6.45, 7) is 2.23. The van der Waals surface area contributed by atoms with Crippen LogP contribution in [0.25, 0.3) is 11.0 Å². The molecule has 0 radical (unpaired) electrons. The molecule has 0 atom stereocenters. The Hall–Kier alpha value is -1.97. The second-order valence-electron chi connectivity index (χ2n) is 6.09. The summed E-state index contributed by atoms with van der Waals surface area (Å²) in [6.07, 6.45) is 0. The first-order valence-electron chi connectivity index (χ1n) is 7.62. The fraction of sp³-hybridized carbons (Fsp3) is 0.467. The summed E-state index contributed by atoms with van der Waals surface area (Å²) in [4.78, 5) is 26.0. The second-order valence-corrected chi connectivity index (χ2v) is 8.02. The molecule has 1 aliphatic heterocycles. The maximum absolute atomic E-state index is 12.8. The van der Waals surface area contributed by atoms with Gasteiger partial charge >= 0.3 is 11.1 Å². The van der Waals surface area contributed by atoms with Gasteiger partial charge in [-0.05, 0) is 25.2 Å². The molecule has 24 heavy (non-hydrogen) atoms. The van der Waals surface area contributed by atoms with Crippen LogP contribution in [0.15, 0.2) is 32.7 Å². The van der Waals surface area contributed by atoms with Crippen molar-refractivity contribution in [3.05, 3.63) is 38.9 Å². The Labute approximate surface area is 139 Å². The van der Waals surface area contributed by atoms with Crippen LogP contribution in [0, 0.1) is 0 Å². The molecule has 2 aromatic rings. The van der Waals surface area contributed by atoms with E-state index >= 15 is 0 Å². The molecule has 0 unspecified atom stereocenters. The second kappa shape index (κ2) is 5.83. The molecule has 9 heteroatoms. The van der Waals surface area contributed by atoms with Crippen molar-refractivity contribution in [2.24, 2.45) is 14.1 Å². The van der Waals surface area contributed by atoms with Crippen LogP contribution < -0.4 is 11.1 Å². The minimum atomic E-state index is -3.63. The molecule has 8 nitrogen and oxygen atoms in total. The van der Waals surface area contributed by atoms with Crippen molar-refractivity contribution >= 4 is 21.1 Å². The summed E-state index contributed by atoms with van der Waals surface area (Å²) < 4.78 is 29.6. The minimum absolute atomic E-state index is 0.133. The molecule has 1 aromatic carbocycles. The highest BCUT2D eigenvalue weighted by Crippen LogP contribution is 2.21. The monoisotopic (exact) mass is 352 g/mol. The molecular weight excluding hydrogens is 332 g/mol. The predicted molar refractivity (Wildman–Crippen MR) is 90.7 cm³/mol. The lowest BCUT2D eigenvalue weighted by molar-refractivity contribution is 0.222. The van der Waals surface area contributed by atoms with Gasteiger partial charge in [0.15, 0.2) is 0 Å². The summed E-state index contributed by atoms with van der Waals surface area (Å²) in [5.41, 5.74) is -0.393. The number of fused-ring (bicyclic) bond motifs is 1. The van der Waals surface area contributed by atoms with E-state index in [2.05, 4.69) is 4.90 Å². The Kier molecular flexibility index (Phi) is 4.10. The molecule has 1 fully saturated rings. The third kappa shape index (κ3) is 2.58. The number of aromatic nitrogens is 2. The zero-order valence-corrected chi connectivity index (χ0v) is 14.7. The van der Waals surface area contributed by atoms with Crippen molar-refractivity contribution in [2.75, 3.05) is 33.2 Å². The molecule has 0 aliphatic carbocycles. The van der Waals surface area contributed by atoms with E-state index < -0.39 is 21.1 Å². The van der Waals surface area contributed by atoms with Gasteiger partial charge in [0.2, 0.25) is 10.0 Å². The number of sulfonamides is 1. The Balaban J connectivity index is 2.15. The van der Waals surface area contributed by atoms with Crippen LogP contribution in [0.4, 0.5) is 0 Å². The zero-order chi connectivity index (χ0) is 17.6. The number of hydrogen-bond acceptors (Lipinski definition) is 5. The number of piperazine rings is 1. The van der Waals surface area contributed by atoms with Gasteiger partial charge in [-0.3, -0.25) is 9.59 Å². The molecular formula is C15H20N4O4S. The van der Waals surface area contributed by atoms with Crippen molar-refractivity contribution < 1.29 is 8.42 Å². The lowest BCUT2D eigenvalue weighted by Gasteiger charge is -2.31. The summed E-state index contributed by atoms with van der Waals surface area (Å²) in [6, 6.07) is 4.52. The van der Waals surface area contributed by atoms with Gasteiger partial charge in [0.05, 0.1) is 15.9 Å². The summed E-state index contributed by atoms with van der Waals surface area (Å²) in [7, 11) is 1.30. The number of rotatable bonds is 2. The van der Waals surface area contributed by atoms with Gasteiger partial charge in [0.1, 0.15) is 0 Å². The van der Waals surface area contributed by atoms with E-state index in [0.717, 1.165) is 0 Å². The van der Waals surface area contributed by atoms with Crippen molar-refractivity contribution in [3.63, 3.8) is 0 Å². The van der Waals surface area contributed by atoms with Crippen molar-refractivity contribution in [1.82, 2.24) is 18.3 Å². The van der Waals surface area contributed by atoms with Gasteiger partial charge < -0.3 is 14.0 Å². The van der Waals surface area contributed by atoms with Crippen LogP contribution in [-0.2, 0) is 24.1 Å². The summed E-state index contributed by atoms with van der Waals surface area (Å²) >= 11 is 0. The van der Waals surface area contributed by atoms with E-state index in [1.807, 2.05) is 7.05 Å². The molecule has 130 valence electrons. The SMILES string of the molecule is CN1CCN(S(=O)(=O)c2ccc3c(c2)n(C)c(=O)c(=O)n3C)CC1. The summed E-state index contributed by atoms with van der Waals surface area (Å²) in [5.74, 6) is 0. The van der Waals surface area contributed by atoms with Gasteiger partial charge in [-0.25, -0.2) is 8.42 Å². The topological polar surface area (TPSA) is 84.6 Å². The number of benzene rings is 1. The fourth-order valence-electron chi connectivity index (χ4n) is 2.90. The molecule has 3 rings (SSSR count). The van der Waals surface area contributed by atoms with Crippen LogP contribution >= 0.6 is 0 Å². The standard InChI is InChI=1S/C15H20N4O4S/c1-16-6-8-19(9-7-16)24(22,23)11-4-5-12-13(10-11)18(3)15(21)14(20)17(12)2/h4-5,10H,6-9H2,1-3H3. The van der Waals surface area contributed by atoms with Crippen LogP contribution in [0.2, 0.25) is 0 Å². The van der Waals surface area contributed by atoms with Crippen LogP contribution in [-0.4, -0.2) is 60.0 Å². The van der Waals surface area contributed by atoms with E-state index in [4.69, 9.17) is 0 Å². The van der Waals surface area contributed by atoms with Crippen molar-refractivity contribution in [1.29, 1.82) is 0 Å². The highest BCUT2D eigenvalue weighted by molar-refractivity contribution is 7.89. The average Bonchev–Trinajstić information content (AvgIpc) is 2.58. The highest BCUT2D eigenvalue weighted by Gasteiger charge is 2.28. The van der Waals surface area contributed by atoms with Gasteiger partial charge in [-0.1, -0.05) is 0 Å². The Morgan fingerprint density at radius 2 is 1.38 bits per heavy atom. The molecule has 0 amide bonds. The van der Waals surface area contributed by atoms with Crippen molar-refractivity contribution in [2.45, 2.75) is 4.90 Å². The predicted octanol–water partition coefficient (Wildman–Crippen LogP) is -0.827. The van der Waals surface area contributed by atoms with Gasteiger partial charge in [-0.15, -0.1) is 0 Å². The largest absolute Gasteiger partial charge is 0.316 e. The summed E-state index contributed by atoms with van der Waals surface area (Å²) in [5, 5.41) is 0. The third-order valence-corrected chi connectivity index (χ3v) is 6.46. The van der Waals surface area contributed by atoms with E-state index in [1.165, 1.54) is 39.7 Å².